The Morgan fingerprint density at radius 2 is 2.20 bits per heavy atom. The number of hydrogen-bond acceptors (Lipinski definition) is 1. The molecule has 0 N–H and O–H groups in total. The summed E-state index contributed by atoms with van der Waals surface area (Å²) >= 11 is 5.58. The predicted molar refractivity (Wildman–Crippen MR) is 36.8 cm³/mol. The van der Waals surface area contributed by atoms with Gasteiger partial charge in [0.25, 0.3) is 0 Å². The van der Waals surface area contributed by atoms with Crippen molar-refractivity contribution in [3.63, 3.8) is 0 Å². The average Bonchev–Trinajstić information content (AvgIpc) is 1.90. The third-order valence-corrected chi connectivity index (χ3v) is 1.20. The molecule has 0 radical (unpaired) electrons. The summed E-state index contributed by atoms with van der Waals surface area (Å²) < 4.78 is 4.85. The van der Waals surface area contributed by atoms with E-state index in [4.69, 9.17) is 16.3 Å². The van der Waals surface area contributed by atoms with Crippen LogP contribution in [0, 0.1) is 6.07 Å². The number of benzene rings is 1. The van der Waals surface area contributed by atoms with Gasteiger partial charge in [0.05, 0.1) is 7.11 Å². The van der Waals surface area contributed by atoms with Gasteiger partial charge in [-0.25, -0.2) is 0 Å². The largest absolute Gasteiger partial charge is 1.00 e. The van der Waals surface area contributed by atoms with Crippen molar-refractivity contribution in [3.8, 4) is 5.75 Å². The molecule has 0 aliphatic heterocycles. The maximum atomic E-state index is 5.58. The van der Waals surface area contributed by atoms with Crippen LogP contribution in [0.4, 0.5) is 0 Å². The Bertz CT molecular complexity index is 185. The van der Waals surface area contributed by atoms with Crippen LogP contribution in [-0.2, 0) is 0 Å². The molecular weight excluding hydrogens is 142 g/mol. The maximum absolute atomic E-state index is 5.58. The minimum absolute atomic E-state index is 0. The standard InChI is InChI=1S/C7H6ClO.Li/c1-9-7-4-2-6(8)3-5-7;/h2-4H,1H3;/q-1;+1. The molecule has 0 amide bonds. The summed E-state index contributed by atoms with van der Waals surface area (Å²) in [5.74, 6) is 0.708. The fourth-order valence-corrected chi connectivity index (χ4v) is 0.636. The topological polar surface area (TPSA) is 9.23 Å². The van der Waals surface area contributed by atoms with Crippen LogP contribution in [0.1, 0.15) is 0 Å². The second kappa shape index (κ2) is 4.68. The molecule has 1 aromatic rings. The summed E-state index contributed by atoms with van der Waals surface area (Å²) in [6.07, 6.45) is 0. The van der Waals surface area contributed by atoms with E-state index in [1.54, 1.807) is 25.3 Å². The van der Waals surface area contributed by atoms with Crippen molar-refractivity contribution in [3.05, 3.63) is 29.3 Å². The number of hydrogen-bond donors (Lipinski definition) is 0. The van der Waals surface area contributed by atoms with Crippen LogP contribution in [0.25, 0.3) is 0 Å². The zero-order valence-electron chi connectivity index (χ0n) is 6.02. The van der Waals surface area contributed by atoms with Gasteiger partial charge in [-0.05, 0) is 0 Å². The van der Waals surface area contributed by atoms with Crippen LogP contribution in [0.5, 0.6) is 5.75 Å². The van der Waals surface area contributed by atoms with Crippen molar-refractivity contribution >= 4 is 11.6 Å². The summed E-state index contributed by atoms with van der Waals surface area (Å²) in [7, 11) is 1.60. The van der Waals surface area contributed by atoms with Gasteiger partial charge >= 0.3 is 18.9 Å². The summed E-state index contributed by atoms with van der Waals surface area (Å²) in [6, 6.07) is 8.03. The Morgan fingerprint density at radius 3 is 2.60 bits per heavy atom. The molecule has 0 saturated carbocycles. The molecule has 0 spiro atoms. The van der Waals surface area contributed by atoms with Crippen LogP contribution in [0.3, 0.4) is 0 Å². The van der Waals surface area contributed by atoms with Gasteiger partial charge in [-0.3, -0.25) is 0 Å². The van der Waals surface area contributed by atoms with Crippen LogP contribution in [0.15, 0.2) is 18.2 Å². The fourth-order valence-electron chi connectivity index (χ4n) is 0.519. The third kappa shape index (κ3) is 2.66. The molecule has 0 aliphatic carbocycles. The molecule has 1 rings (SSSR count). The fraction of sp³-hybridized carbons (Fsp3) is 0.143. The molecule has 48 valence electrons. The number of rotatable bonds is 1. The molecule has 1 nitrogen and oxygen atoms in total. The monoisotopic (exact) mass is 148 g/mol. The van der Waals surface area contributed by atoms with E-state index in [0.717, 1.165) is 0 Å². The minimum atomic E-state index is 0. The van der Waals surface area contributed by atoms with Crippen LogP contribution in [-0.4, -0.2) is 7.11 Å². The van der Waals surface area contributed by atoms with E-state index in [1.807, 2.05) is 0 Å². The molecule has 0 heterocycles. The van der Waals surface area contributed by atoms with Crippen molar-refractivity contribution in [1.29, 1.82) is 0 Å². The summed E-state index contributed by atoms with van der Waals surface area (Å²) in [4.78, 5) is 0. The Kier molecular flexibility index (Phi) is 4.64. The van der Waals surface area contributed by atoms with Crippen molar-refractivity contribution < 1.29 is 23.6 Å². The van der Waals surface area contributed by atoms with Gasteiger partial charge < -0.3 is 4.74 Å². The van der Waals surface area contributed by atoms with E-state index in [0.29, 0.717) is 10.8 Å². The molecule has 0 bridgehead atoms. The van der Waals surface area contributed by atoms with E-state index >= 15 is 0 Å². The molecule has 1 aromatic carbocycles. The van der Waals surface area contributed by atoms with E-state index in [9.17, 15) is 0 Å². The van der Waals surface area contributed by atoms with Crippen LogP contribution >= 0.6 is 11.6 Å². The quantitative estimate of drug-likeness (QED) is 0.373. The maximum Gasteiger partial charge on any atom is 1.00 e. The molecule has 0 fully saturated rings. The third-order valence-electron chi connectivity index (χ3n) is 0.966. The average molecular weight is 149 g/mol. The molecule has 0 atom stereocenters. The second-order valence-corrected chi connectivity index (χ2v) is 2.01. The smallest absolute Gasteiger partial charge is 0.523 e. The van der Waals surface area contributed by atoms with E-state index in [2.05, 4.69) is 6.07 Å². The number of halogens is 1. The first kappa shape index (κ1) is 9.91. The Hall–Kier alpha value is -0.0926. The molecule has 10 heavy (non-hydrogen) atoms. The first-order valence-corrected chi connectivity index (χ1v) is 2.92. The van der Waals surface area contributed by atoms with Crippen molar-refractivity contribution in [2.24, 2.45) is 0 Å². The molecule has 0 saturated heterocycles. The van der Waals surface area contributed by atoms with Gasteiger partial charge in [0.1, 0.15) is 0 Å². The zero-order valence-corrected chi connectivity index (χ0v) is 6.77. The predicted octanol–water partition coefficient (Wildman–Crippen LogP) is -0.847. The first-order chi connectivity index (χ1) is 4.33. The van der Waals surface area contributed by atoms with E-state index < -0.39 is 0 Å². The van der Waals surface area contributed by atoms with Crippen LogP contribution < -0.4 is 23.6 Å². The normalized spacial score (nSPS) is 8.20. The van der Waals surface area contributed by atoms with E-state index in [1.165, 1.54) is 0 Å². The molecular formula is C7H6ClLiO. The van der Waals surface area contributed by atoms with Crippen molar-refractivity contribution in [2.45, 2.75) is 0 Å². The number of methoxy groups -OCH3 is 1. The van der Waals surface area contributed by atoms with Crippen LogP contribution in [0.2, 0.25) is 5.02 Å². The molecule has 0 aromatic heterocycles. The summed E-state index contributed by atoms with van der Waals surface area (Å²) in [5, 5.41) is 0.677. The minimum Gasteiger partial charge on any atom is -0.523 e. The Labute approximate surface area is 77.5 Å². The molecule has 3 heteroatoms. The first-order valence-electron chi connectivity index (χ1n) is 2.54. The summed E-state index contributed by atoms with van der Waals surface area (Å²) in [5.41, 5.74) is 0. The summed E-state index contributed by atoms with van der Waals surface area (Å²) in [6.45, 7) is 0. The van der Waals surface area contributed by atoms with Crippen molar-refractivity contribution in [1.82, 2.24) is 0 Å². The van der Waals surface area contributed by atoms with Gasteiger partial charge in [-0.15, -0.1) is 12.1 Å². The zero-order chi connectivity index (χ0) is 6.69. The molecule has 0 aliphatic rings. The SMILES string of the molecule is COc1[c-]cc(Cl)cc1.[Li+]. The van der Waals surface area contributed by atoms with Gasteiger partial charge in [0.2, 0.25) is 0 Å². The van der Waals surface area contributed by atoms with Gasteiger partial charge in [0, 0.05) is 5.75 Å². The van der Waals surface area contributed by atoms with Gasteiger partial charge in [-0.1, -0.05) is 5.02 Å². The van der Waals surface area contributed by atoms with E-state index in [-0.39, 0.29) is 18.9 Å². The number of ether oxygens (including phenoxy) is 1. The Morgan fingerprint density at radius 1 is 1.50 bits per heavy atom. The van der Waals surface area contributed by atoms with Gasteiger partial charge in [-0.2, -0.15) is 23.7 Å². The molecule has 0 unspecified atom stereocenters. The second-order valence-electron chi connectivity index (χ2n) is 1.58. The Balaban J connectivity index is 0.000000810. The van der Waals surface area contributed by atoms with Gasteiger partial charge in [0.15, 0.2) is 0 Å². The van der Waals surface area contributed by atoms with Crippen molar-refractivity contribution in [2.75, 3.05) is 7.11 Å².